The van der Waals surface area contributed by atoms with Crippen LogP contribution in [0, 0.1) is 6.92 Å². The van der Waals surface area contributed by atoms with Gasteiger partial charge in [0, 0.05) is 10.6 Å². The number of benzene rings is 1. The standard InChI is InChI=1S/C14H13ClN2O3S/c1-8-6-9(2-4-11(8)13(18)19)17-14(20)16-7-10-3-5-12(15)21-10/h2-6H,7H2,1H3,(H,18,19)(H2,16,17,20). The quantitative estimate of drug-likeness (QED) is 0.801. The van der Waals surface area contributed by atoms with E-state index in [1.165, 1.54) is 17.4 Å². The highest BCUT2D eigenvalue weighted by Crippen LogP contribution is 2.21. The molecule has 7 heteroatoms. The molecule has 2 amide bonds. The molecule has 0 aliphatic heterocycles. The van der Waals surface area contributed by atoms with Crippen molar-refractivity contribution < 1.29 is 14.7 Å². The van der Waals surface area contributed by atoms with Gasteiger partial charge in [0.25, 0.3) is 0 Å². The second-order valence-electron chi connectivity index (χ2n) is 4.35. The van der Waals surface area contributed by atoms with Crippen molar-refractivity contribution in [3.05, 3.63) is 50.7 Å². The summed E-state index contributed by atoms with van der Waals surface area (Å²) in [6, 6.07) is 7.89. The number of hydrogen-bond donors (Lipinski definition) is 3. The van der Waals surface area contributed by atoms with E-state index in [9.17, 15) is 9.59 Å². The number of carbonyl (C=O) groups excluding carboxylic acids is 1. The van der Waals surface area contributed by atoms with E-state index in [0.29, 0.717) is 22.1 Å². The molecule has 2 rings (SSSR count). The minimum absolute atomic E-state index is 0.217. The second-order valence-corrected chi connectivity index (χ2v) is 6.15. The molecule has 1 aromatic carbocycles. The summed E-state index contributed by atoms with van der Waals surface area (Å²) < 4.78 is 0.673. The van der Waals surface area contributed by atoms with E-state index in [0.717, 1.165) is 4.88 Å². The molecule has 0 bridgehead atoms. The Morgan fingerprint density at radius 3 is 2.62 bits per heavy atom. The van der Waals surface area contributed by atoms with Crippen LogP contribution in [-0.4, -0.2) is 17.1 Å². The zero-order valence-corrected chi connectivity index (χ0v) is 12.7. The summed E-state index contributed by atoms with van der Waals surface area (Å²) in [5, 5.41) is 14.3. The lowest BCUT2D eigenvalue weighted by atomic mass is 10.1. The topological polar surface area (TPSA) is 78.4 Å². The molecule has 21 heavy (non-hydrogen) atoms. The fraction of sp³-hybridized carbons (Fsp3) is 0.143. The van der Waals surface area contributed by atoms with Crippen LogP contribution < -0.4 is 10.6 Å². The third-order valence-corrected chi connectivity index (χ3v) is 4.00. The van der Waals surface area contributed by atoms with Crippen molar-refractivity contribution >= 4 is 40.6 Å². The van der Waals surface area contributed by atoms with Crippen molar-refractivity contribution in [2.75, 3.05) is 5.32 Å². The fourth-order valence-corrected chi connectivity index (χ4v) is 2.80. The molecule has 110 valence electrons. The Morgan fingerprint density at radius 2 is 2.05 bits per heavy atom. The van der Waals surface area contributed by atoms with Crippen molar-refractivity contribution in [1.29, 1.82) is 0 Å². The Hall–Kier alpha value is -2.05. The first-order chi connectivity index (χ1) is 9.95. The van der Waals surface area contributed by atoms with E-state index in [-0.39, 0.29) is 11.6 Å². The maximum absolute atomic E-state index is 11.8. The van der Waals surface area contributed by atoms with Gasteiger partial charge in [-0.15, -0.1) is 11.3 Å². The summed E-state index contributed by atoms with van der Waals surface area (Å²) >= 11 is 7.21. The first-order valence-corrected chi connectivity index (χ1v) is 7.28. The van der Waals surface area contributed by atoms with Gasteiger partial charge in [-0.05, 0) is 42.8 Å². The predicted octanol–water partition coefficient (Wildman–Crippen LogP) is 3.73. The van der Waals surface area contributed by atoms with Crippen molar-refractivity contribution in [3.63, 3.8) is 0 Å². The Bertz CT molecular complexity index is 685. The monoisotopic (exact) mass is 324 g/mol. The maximum atomic E-state index is 11.8. The van der Waals surface area contributed by atoms with Crippen molar-refractivity contribution in [1.82, 2.24) is 5.32 Å². The summed E-state index contributed by atoms with van der Waals surface area (Å²) in [6.07, 6.45) is 0. The highest BCUT2D eigenvalue weighted by molar-refractivity contribution is 7.16. The predicted molar refractivity (Wildman–Crippen MR) is 83.3 cm³/mol. The molecule has 0 radical (unpaired) electrons. The lowest BCUT2D eigenvalue weighted by Gasteiger charge is -2.08. The van der Waals surface area contributed by atoms with Gasteiger partial charge < -0.3 is 15.7 Å². The van der Waals surface area contributed by atoms with Gasteiger partial charge in [0.15, 0.2) is 0 Å². The molecule has 0 fully saturated rings. The smallest absolute Gasteiger partial charge is 0.335 e. The average molecular weight is 325 g/mol. The molecule has 0 saturated carbocycles. The number of amides is 2. The number of thiophene rings is 1. The number of anilines is 1. The number of halogens is 1. The second kappa shape index (κ2) is 6.60. The number of carbonyl (C=O) groups is 2. The molecule has 1 aromatic heterocycles. The number of carboxylic acid groups (broad SMARTS) is 1. The van der Waals surface area contributed by atoms with Gasteiger partial charge in [0.1, 0.15) is 0 Å². The van der Waals surface area contributed by atoms with Crippen LogP contribution in [0.25, 0.3) is 0 Å². The van der Waals surface area contributed by atoms with Crippen molar-refractivity contribution in [2.45, 2.75) is 13.5 Å². The zero-order valence-electron chi connectivity index (χ0n) is 11.1. The van der Waals surface area contributed by atoms with E-state index in [1.54, 1.807) is 25.1 Å². The third-order valence-electron chi connectivity index (χ3n) is 2.77. The Balaban J connectivity index is 1.93. The van der Waals surface area contributed by atoms with Crippen LogP contribution in [0.2, 0.25) is 4.34 Å². The van der Waals surface area contributed by atoms with E-state index < -0.39 is 5.97 Å². The summed E-state index contributed by atoms with van der Waals surface area (Å²) in [5.41, 5.74) is 1.35. The van der Waals surface area contributed by atoms with Gasteiger partial charge in [-0.1, -0.05) is 11.6 Å². The largest absolute Gasteiger partial charge is 0.478 e. The van der Waals surface area contributed by atoms with Crippen LogP contribution in [0.15, 0.2) is 30.3 Å². The van der Waals surface area contributed by atoms with Gasteiger partial charge in [-0.25, -0.2) is 9.59 Å². The first-order valence-electron chi connectivity index (χ1n) is 6.08. The highest BCUT2D eigenvalue weighted by Gasteiger charge is 2.09. The van der Waals surface area contributed by atoms with Gasteiger partial charge in [-0.2, -0.15) is 0 Å². The minimum atomic E-state index is -0.988. The van der Waals surface area contributed by atoms with E-state index in [1.807, 2.05) is 6.07 Å². The van der Waals surface area contributed by atoms with Crippen LogP contribution in [0.1, 0.15) is 20.8 Å². The molecule has 2 aromatic rings. The number of rotatable bonds is 4. The van der Waals surface area contributed by atoms with Gasteiger partial charge in [-0.3, -0.25) is 0 Å². The summed E-state index contributed by atoms with van der Waals surface area (Å²) in [7, 11) is 0. The number of nitrogens with one attached hydrogen (secondary N) is 2. The normalized spacial score (nSPS) is 10.2. The number of carboxylic acids is 1. The van der Waals surface area contributed by atoms with E-state index in [2.05, 4.69) is 10.6 Å². The molecule has 0 unspecified atom stereocenters. The molecule has 0 saturated heterocycles. The maximum Gasteiger partial charge on any atom is 0.335 e. The Kier molecular flexibility index (Phi) is 4.82. The van der Waals surface area contributed by atoms with Gasteiger partial charge >= 0.3 is 12.0 Å². The molecular formula is C14H13ClN2O3S. The van der Waals surface area contributed by atoms with Crippen LogP contribution in [0.4, 0.5) is 10.5 Å². The first kappa shape index (κ1) is 15.3. The number of hydrogen-bond acceptors (Lipinski definition) is 3. The van der Waals surface area contributed by atoms with E-state index in [4.69, 9.17) is 16.7 Å². The third kappa shape index (κ3) is 4.21. The Labute approximate surface area is 130 Å². The van der Waals surface area contributed by atoms with Crippen LogP contribution >= 0.6 is 22.9 Å². The van der Waals surface area contributed by atoms with Crippen molar-refractivity contribution in [2.24, 2.45) is 0 Å². The number of aryl methyl sites for hydroxylation is 1. The Morgan fingerprint density at radius 1 is 1.29 bits per heavy atom. The molecule has 5 nitrogen and oxygen atoms in total. The van der Waals surface area contributed by atoms with Crippen LogP contribution in [-0.2, 0) is 6.54 Å². The minimum Gasteiger partial charge on any atom is -0.478 e. The molecule has 0 atom stereocenters. The molecule has 0 aliphatic carbocycles. The van der Waals surface area contributed by atoms with Crippen molar-refractivity contribution in [3.8, 4) is 0 Å². The van der Waals surface area contributed by atoms with E-state index >= 15 is 0 Å². The van der Waals surface area contributed by atoms with Gasteiger partial charge in [0.05, 0.1) is 16.4 Å². The SMILES string of the molecule is Cc1cc(NC(=O)NCc2ccc(Cl)s2)ccc1C(=O)O. The van der Waals surface area contributed by atoms with Crippen LogP contribution in [0.3, 0.4) is 0 Å². The summed E-state index contributed by atoms with van der Waals surface area (Å²) in [4.78, 5) is 23.6. The molecule has 3 N–H and O–H groups in total. The summed E-state index contributed by atoms with van der Waals surface area (Å²) in [6.45, 7) is 2.07. The number of aromatic carboxylic acids is 1. The highest BCUT2D eigenvalue weighted by atomic mass is 35.5. The molecule has 0 spiro atoms. The average Bonchev–Trinajstić information content (AvgIpc) is 2.82. The van der Waals surface area contributed by atoms with Crippen LogP contribution in [0.5, 0.6) is 0 Å². The lowest BCUT2D eigenvalue weighted by Crippen LogP contribution is -2.27. The zero-order chi connectivity index (χ0) is 15.4. The molecular weight excluding hydrogens is 312 g/mol. The molecule has 1 heterocycles. The summed E-state index contributed by atoms with van der Waals surface area (Å²) in [5.74, 6) is -0.988. The van der Waals surface area contributed by atoms with Gasteiger partial charge in [0.2, 0.25) is 0 Å². The fourth-order valence-electron chi connectivity index (χ4n) is 1.77. The molecule has 0 aliphatic rings. The number of urea groups is 1. The lowest BCUT2D eigenvalue weighted by molar-refractivity contribution is 0.0696.